The summed E-state index contributed by atoms with van der Waals surface area (Å²) >= 11 is 0. The average Bonchev–Trinajstić information content (AvgIpc) is 2.70. The highest BCUT2D eigenvalue weighted by Gasteiger charge is 2.36. The first-order chi connectivity index (χ1) is 13.7. The number of aliphatic hydroxyl groups is 2. The Hall–Kier alpha value is -1.52. The van der Waals surface area contributed by atoms with Gasteiger partial charge < -0.3 is 20.4 Å². The molecule has 2 rings (SSSR count). The first-order valence-corrected chi connectivity index (χ1v) is 11.2. The Kier molecular flexibility index (Phi) is 8.59. The van der Waals surface area contributed by atoms with E-state index in [0.29, 0.717) is 12.0 Å². The molecule has 0 saturated heterocycles. The summed E-state index contributed by atoms with van der Waals surface area (Å²) in [7, 11) is 0. The van der Waals surface area contributed by atoms with Gasteiger partial charge in [-0.2, -0.15) is 0 Å². The van der Waals surface area contributed by atoms with Crippen LogP contribution in [-0.2, 0) is 5.41 Å². The van der Waals surface area contributed by atoms with Crippen LogP contribution in [0.25, 0.3) is 0 Å². The van der Waals surface area contributed by atoms with Crippen molar-refractivity contribution in [3.63, 3.8) is 0 Å². The molecule has 0 spiro atoms. The number of benzene rings is 1. The lowest BCUT2D eigenvalue weighted by Crippen LogP contribution is -2.27. The molecule has 0 radical (unpaired) electrons. The van der Waals surface area contributed by atoms with Gasteiger partial charge in [0.25, 0.3) is 0 Å². The molecule has 4 heteroatoms. The molecule has 1 aromatic rings. The van der Waals surface area contributed by atoms with Gasteiger partial charge in [-0.3, -0.25) is 0 Å². The van der Waals surface area contributed by atoms with Crippen molar-refractivity contribution in [3.8, 4) is 11.5 Å². The van der Waals surface area contributed by atoms with Crippen LogP contribution in [0.4, 0.5) is 0 Å². The molecule has 1 aromatic carbocycles. The van der Waals surface area contributed by atoms with Gasteiger partial charge in [0.2, 0.25) is 0 Å². The van der Waals surface area contributed by atoms with E-state index < -0.39 is 0 Å². The van der Waals surface area contributed by atoms with Gasteiger partial charge in [-0.15, -0.1) is 0 Å². The summed E-state index contributed by atoms with van der Waals surface area (Å²) in [5.74, 6) is 0.202. The Morgan fingerprint density at radius 2 is 1.72 bits per heavy atom. The van der Waals surface area contributed by atoms with Crippen LogP contribution in [0.5, 0.6) is 11.5 Å². The van der Waals surface area contributed by atoms with E-state index in [1.165, 1.54) is 19.3 Å². The van der Waals surface area contributed by atoms with Gasteiger partial charge in [0.05, 0.1) is 6.61 Å². The van der Waals surface area contributed by atoms with Gasteiger partial charge in [0.1, 0.15) is 11.5 Å². The number of hydrogen-bond donors (Lipinski definition) is 4. The maximum atomic E-state index is 10.9. The minimum atomic E-state index is -0.151. The molecular weight excluding hydrogens is 364 g/mol. The van der Waals surface area contributed by atoms with E-state index in [4.69, 9.17) is 0 Å². The largest absolute Gasteiger partial charge is 0.508 e. The van der Waals surface area contributed by atoms with E-state index in [2.05, 4.69) is 27.4 Å². The third kappa shape index (κ3) is 5.76. The molecule has 0 aliphatic heterocycles. The third-order valence-electron chi connectivity index (χ3n) is 6.89. The normalized spacial score (nSPS) is 22.6. The summed E-state index contributed by atoms with van der Waals surface area (Å²) in [5.41, 5.74) is 2.08. The second-order valence-electron chi connectivity index (χ2n) is 9.51. The number of rotatable bonds is 10. The fourth-order valence-corrected chi connectivity index (χ4v) is 4.88. The molecule has 0 unspecified atom stereocenters. The lowest BCUT2D eigenvalue weighted by atomic mass is 9.68. The van der Waals surface area contributed by atoms with E-state index in [0.717, 1.165) is 36.8 Å². The standard InChI is InChI=1S/C25H40O4/c1-5-6-7-8-11-25(3,4)19-13-22(28)24(23(29)14-19)21-12-18(16-27)9-10-20(21)17(2)15-26/h13-14,18,20-21,26-29H,2,5-12,15-16H2,1,3-4H3/t18-,20+,21-/m1/s1. The Bertz CT molecular complexity index is 656. The topological polar surface area (TPSA) is 80.9 Å². The van der Waals surface area contributed by atoms with Crippen LogP contribution in [0.2, 0.25) is 0 Å². The molecule has 0 aromatic heterocycles. The highest BCUT2D eigenvalue weighted by molar-refractivity contribution is 5.51. The minimum Gasteiger partial charge on any atom is -0.508 e. The van der Waals surface area contributed by atoms with Crippen molar-refractivity contribution in [2.24, 2.45) is 11.8 Å². The van der Waals surface area contributed by atoms with Gasteiger partial charge in [-0.25, -0.2) is 0 Å². The van der Waals surface area contributed by atoms with Gasteiger partial charge >= 0.3 is 0 Å². The molecule has 0 heterocycles. The molecule has 29 heavy (non-hydrogen) atoms. The highest BCUT2D eigenvalue weighted by Crippen LogP contribution is 2.50. The first kappa shape index (κ1) is 23.8. The average molecular weight is 405 g/mol. The zero-order valence-electron chi connectivity index (χ0n) is 18.5. The summed E-state index contributed by atoms with van der Waals surface area (Å²) in [6, 6.07) is 3.60. The maximum Gasteiger partial charge on any atom is 0.123 e. The maximum absolute atomic E-state index is 10.9. The summed E-state index contributed by atoms with van der Waals surface area (Å²) < 4.78 is 0. The molecular formula is C25H40O4. The lowest BCUT2D eigenvalue weighted by Gasteiger charge is -2.37. The van der Waals surface area contributed by atoms with Crippen molar-refractivity contribution >= 4 is 0 Å². The van der Waals surface area contributed by atoms with Gasteiger partial charge in [0, 0.05) is 12.2 Å². The second kappa shape index (κ2) is 10.5. The predicted octanol–water partition coefficient (Wildman–Crippen LogP) is 5.39. The van der Waals surface area contributed by atoms with Crippen molar-refractivity contribution in [2.45, 2.75) is 83.5 Å². The molecule has 1 saturated carbocycles. The predicted molar refractivity (Wildman–Crippen MR) is 118 cm³/mol. The van der Waals surface area contributed by atoms with E-state index >= 15 is 0 Å². The molecule has 4 N–H and O–H groups in total. The third-order valence-corrected chi connectivity index (χ3v) is 6.89. The molecule has 1 fully saturated rings. The molecule has 0 bridgehead atoms. The zero-order valence-corrected chi connectivity index (χ0v) is 18.5. The van der Waals surface area contributed by atoms with Crippen LogP contribution in [0.3, 0.4) is 0 Å². The van der Waals surface area contributed by atoms with Gasteiger partial charge in [0.15, 0.2) is 0 Å². The fraction of sp³-hybridized carbons (Fsp3) is 0.680. The van der Waals surface area contributed by atoms with Crippen LogP contribution in [0, 0.1) is 11.8 Å². The van der Waals surface area contributed by atoms with Crippen LogP contribution < -0.4 is 0 Å². The first-order valence-electron chi connectivity index (χ1n) is 11.2. The molecule has 1 aliphatic carbocycles. The number of phenols is 2. The van der Waals surface area contributed by atoms with Crippen molar-refractivity contribution in [1.29, 1.82) is 0 Å². The van der Waals surface area contributed by atoms with Crippen LogP contribution in [0.1, 0.15) is 89.2 Å². The Balaban J connectivity index is 2.32. The van der Waals surface area contributed by atoms with Crippen molar-refractivity contribution in [2.75, 3.05) is 13.2 Å². The molecule has 0 amide bonds. The number of hydrogen-bond acceptors (Lipinski definition) is 4. The smallest absolute Gasteiger partial charge is 0.123 e. The van der Waals surface area contributed by atoms with Crippen LogP contribution in [0.15, 0.2) is 24.3 Å². The SMILES string of the molecule is C=C(CO)[C@@H]1CC[C@@H](CO)C[C@H]1c1c(O)cc(C(C)(C)CCCCCC)cc1O. The van der Waals surface area contributed by atoms with Gasteiger partial charge in [-0.05, 0) is 72.1 Å². The van der Waals surface area contributed by atoms with Crippen LogP contribution in [-0.4, -0.2) is 33.6 Å². The van der Waals surface area contributed by atoms with Crippen molar-refractivity contribution in [1.82, 2.24) is 0 Å². The number of aliphatic hydroxyl groups excluding tert-OH is 2. The van der Waals surface area contributed by atoms with Gasteiger partial charge in [-0.1, -0.05) is 53.0 Å². The Morgan fingerprint density at radius 1 is 1.07 bits per heavy atom. The molecule has 4 nitrogen and oxygen atoms in total. The van der Waals surface area contributed by atoms with E-state index in [-0.39, 0.29) is 47.9 Å². The number of phenolic OH excluding ortho intramolecular Hbond substituents is 2. The molecule has 1 aliphatic rings. The van der Waals surface area contributed by atoms with Crippen LogP contribution >= 0.6 is 0 Å². The lowest BCUT2D eigenvalue weighted by molar-refractivity contribution is 0.153. The molecule has 3 atom stereocenters. The zero-order chi connectivity index (χ0) is 21.6. The quantitative estimate of drug-likeness (QED) is 0.311. The number of unbranched alkanes of at least 4 members (excludes halogenated alkanes) is 3. The minimum absolute atomic E-state index is 0.00694. The Morgan fingerprint density at radius 3 is 2.28 bits per heavy atom. The van der Waals surface area contributed by atoms with E-state index in [9.17, 15) is 20.4 Å². The Labute approximate surface area is 176 Å². The van der Waals surface area contributed by atoms with Crippen molar-refractivity contribution < 1.29 is 20.4 Å². The fourth-order valence-electron chi connectivity index (χ4n) is 4.88. The van der Waals surface area contributed by atoms with E-state index in [1.54, 1.807) is 12.1 Å². The molecule has 164 valence electrons. The summed E-state index contributed by atoms with van der Waals surface area (Å²) in [6.45, 7) is 10.5. The number of aromatic hydroxyl groups is 2. The summed E-state index contributed by atoms with van der Waals surface area (Å²) in [4.78, 5) is 0. The summed E-state index contributed by atoms with van der Waals surface area (Å²) in [6.07, 6.45) is 8.09. The highest BCUT2D eigenvalue weighted by atomic mass is 16.3. The monoisotopic (exact) mass is 404 g/mol. The van der Waals surface area contributed by atoms with E-state index in [1.807, 2.05) is 0 Å². The summed E-state index contributed by atoms with van der Waals surface area (Å²) in [5, 5.41) is 41.1. The van der Waals surface area contributed by atoms with Crippen molar-refractivity contribution in [3.05, 3.63) is 35.4 Å². The second-order valence-corrected chi connectivity index (χ2v) is 9.51.